The van der Waals surface area contributed by atoms with Crippen LogP contribution in [0.1, 0.15) is 25.8 Å². The number of carbonyl (C=O) groups is 2. The SMILES string of the molecule is COc1ccc(CCC(=O)N[C@@H](C(=O)O)C(C)C)c(OC)c1OC. The van der Waals surface area contributed by atoms with E-state index in [4.69, 9.17) is 19.3 Å². The van der Waals surface area contributed by atoms with Crippen molar-refractivity contribution >= 4 is 11.9 Å². The number of benzene rings is 1. The zero-order valence-electron chi connectivity index (χ0n) is 14.7. The van der Waals surface area contributed by atoms with Crippen molar-refractivity contribution in [1.82, 2.24) is 5.32 Å². The summed E-state index contributed by atoms with van der Waals surface area (Å²) in [5, 5.41) is 11.7. The Morgan fingerprint density at radius 1 is 1.08 bits per heavy atom. The van der Waals surface area contributed by atoms with Crippen LogP contribution in [-0.4, -0.2) is 44.4 Å². The number of aryl methyl sites for hydroxylation is 1. The predicted octanol–water partition coefficient (Wildman–Crippen LogP) is 1.87. The fraction of sp³-hybridized carbons (Fsp3) is 0.529. The first kappa shape index (κ1) is 19.6. The molecule has 7 nitrogen and oxygen atoms in total. The van der Waals surface area contributed by atoms with Gasteiger partial charge >= 0.3 is 5.97 Å². The number of ether oxygens (including phenoxy) is 3. The Morgan fingerprint density at radius 3 is 2.17 bits per heavy atom. The molecule has 1 aromatic carbocycles. The highest BCUT2D eigenvalue weighted by atomic mass is 16.5. The number of nitrogens with one attached hydrogen (secondary N) is 1. The van der Waals surface area contributed by atoms with Crippen molar-refractivity contribution in [2.45, 2.75) is 32.7 Å². The number of aliphatic carboxylic acids is 1. The summed E-state index contributed by atoms with van der Waals surface area (Å²) in [5.74, 6) is -0.0582. The standard InChI is InChI=1S/C17H25NO6/c1-10(2)14(17(20)21)18-13(19)9-7-11-6-8-12(22-3)16(24-5)15(11)23-4/h6,8,10,14H,7,9H2,1-5H3,(H,18,19)(H,20,21)/t14-/m1/s1. The lowest BCUT2D eigenvalue weighted by Gasteiger charge is -2.18. The maximum atomic E-state index is 12.0. The topological polar surface area (TPSA) is 94.1 Å². The third-order valence-corrected chi connectivity index (χ3v) is 3.66. The Balaban J connectivity index is 2.83. The van der Waals surface area contributed by atoms with Crippen LogP contribution in [0.3, 0.4) is 0 Å². The summed E-state index contributed by atoms with van der Waals surface area (Å²) in [4.78, 5) is 23.2. The molecule has 24 heavy (non-hydrogen) atoms. The van der Waals surface area contributed by atoms with Gasteiger partial charge in [-0.3, -0.25) is 4.79 Å². The van der Waals surface area contributed by atoms with Gasteiger partial charge in [0, 0.05) is 6.42 Å². The third kappa shape index (κ3) is 4.78. The molecule has 0 aliphatic carbocycles. The van der Waals surface area contributed by atoms with Gasteiger partial charge in [-0.15, -0.1) is 0 Å². The van der Waals surface area contributed by atoms with Crippen LogP contribution in [0.5, 0.6) is 17.2 Å². The van der Waals surface area contributed by atoms with Crippen LogP contribution in [0.15, 0.2) is 12.1 Å². The quantitative estimate of drug-likeness (QED) is 0.713. The number of amides is 1. The number of rotatable bonds is 9. The lowest BCUT2D eigenvalue weighted by molar-refractivity contribution is -0.143. The van der Waals surface area contributed by atoms with Gasteiger partial charge in [0.15, 0.2) is 11.5 Å². The predicted molar refractivity (Wildman–Crippen MR) is 88.8 cm³/mol. The van der Waals surface area contributed by atoms with E-state index in [2.05, 4.69) is 5.32 Å². The molecule has 134 valence electrons. The second-order valence-corrected chi connectivity index (χ2v) is 5.62. The Hall–Kier alpha value is -2.44. The molecule has 0 bridgehead atoms. The molecular weight excluding hydrogens is 314 g/mol. The van der Waals surface area contributed by atoms with E-state index in [1.165, 1.54) is 21.3 Å². The van der Waals surface area contributed by atoms with Crippen LogP contribution in [0.2, 0.25) is 0 Å². The van der Waals surface area contributed by atoms with Crippen molar-refractivity contribution in [3.05, 3.63) is 17.7 Å². The summed E-state index contributed by atoms with van der Waals surface area (Å²) in [6, 6.07) is 2.64. The zero-order chi connectivity index (χ0) is 18.3. The highest BCUT2D eigenvalue weighted by Gasteiger charge is 2.23. The molecule has 0 aromatic heterocycles. The molecular formula is C17H25NO6. The van der Waals surface area contributed by atoms with Crippen molar-refractivity contribution in [3.63, 3.8) is 0 Å². The van der Waals surface area contributed by atoms with E-state index in [1.54, 1.807) is 26.0 Å². The van der Waals surface area contributed by atoms with E-state index in [9.17, 15) is 9.59 Å². The van der Waals surface area contributed by atoms with Gasteiger partial charge in [-0.25, -0.2) is 4.79 Å². The van der Waals surface area contributed by atoms with Crippen LogP contribution < -0.4 is 19.5 Å². The van der Waals surface area contributed by atoms with Crippen LogP contribution in [0.25, 0.3) is 0 Å². The third-order valence-electron chi connectivity index (χ3n) is 3.66. The number of carboxylic acid groups (broad SMARTS) is 1. The second-order valence-electron chi connectivity index (χ2n) is 5.62. The van der Waals surface area contributed by atoms with E-state index < -0.39 is 12.0 Å². The molecule has 0 spiro atoms. The Morgan fingerprint density at radius 2 is 1.71 bits per heavy atom. The van der Waals surface area contributed by atoms with Crippen molar-refractivity contribution in [1.29, 1.82) is 0 Å². The first-order valence-corrected chi connectivity index (χ1v) is 7.65. The van der Waals surface area contributed by atoms with E-state index in [1.807, 2.05) is 0 Å². The average Bonchev–Trinajstić information content (AvgIpc) is 2.55. The van der Waals surface area contributed by atoms with Gasteiger partial charge in [-0.2, -0.15) is 0 Å². The minimum atomic E-state index is -1.04. The largest absolute Gasteiger partial charge is 0.493 e. The Labute approximate surface area is 141 Å². The molecule has 0 saturated carbocycles. The van der Waals surface area contributed by atoms with Crippen molar-refractivity contribution in [3.8, 4) is 17.2 Å². The fourth-order valence-corrected chi connectivity index (χ4v) is 2.37. The molecule has 0 saturated heterocycles. The number of carboxylic acids is 1. The molecule has 7 heteroatoms. The van der Waals surface area contributed by atoms with Gasteiger partial charge < -0.3 is 24.6 Å². The van der Waals surface area contributed by atoms with Gasteiger partial charge in [-0.1, -0.05) is 19.9 Å². The van der Waals surface area contributed by atoms with Crippen LogP contribution in [0.4, 0.5) is 0 Å². The van der Waals surface area contributed by atoms with Crippen molar-refractivity contribution < 1.29 is 28.9 Å². The lowest BCUT2D eigenvalue weighted by Crippen LogP contribution is -2.44. The first-order valence-electron chi connectivity index (χ1n) is 7.65. The molecule has 1 atom stereocenters. The summed E-state index contributed by atoms with van der Waals surface area (Å²) >= 11 is 0. The van der Waals surface area contributed by atoms with Crippen LogP contribution in [-0.2, 0) is 16.0 Å². The van der Waals surface area contributed by atoms with Crippen LogP contribution >= 0.6 is 0 Å². The Kier molecular flexibility index (Phi) is 7.35. The molecule has 2 N–H and O–H groups in total. The minimum absolute atomic E-state index is 0.141. The lowest BCUT2D eigenvalue weighted by atomic mass is 10.0. The fourth-order valence-electron chi connectivity index (χ4n) is 2.37. The van der Waals surface area contributed by atoms with Crippen LogP contribution in [0, 0.1) is 5.92 Å². The summed E-state index contributed by atoms with van der Waals surface area (Å²) in [6.45, 7) is 3.49. The summed E-state index contributed by atoms with van der Waals surface area (Å²) in [6.07, 6.45) is 0.530. The van der Waals surface area contributed by atoms with Crippen molar-refractivity contribution in [2.75, 3.05) is 21.3 Å². The minimum Gasteiger partial charge on any atom is -0.493 e. The number of carbonyl (C=O) groups excluding carboxylic acids is 1. The number of methoxy groups -OCH3 is 3. The first-order chi connectivity index (χ1) is 11.3. The summed E-state index contributed by atoms with van der Waals surface area (Å²) in [5.41, 5.74) is 0.779. The molecule has 0 radical (unpaired) electrons. The monoisotopic (exact) mass is 339 g/mol. The maximum Gasteiger partial charge on any atom is 0.326 e. The molecule has 1 aromatic rings. The Bertz CT molecular complexity index is 585. The van der Waals surface area contributed by atoms with Gasteiger partial charge in [-0.05, 0) is 24.0 Å². The highest BCUT2D eigenvalue weighted by molar-refractivity contribution is 5.83. The summed E-state index contributed by atoms with van der Waals surface area (Å²) in [7, 11) is 4.55. The van der Waals surface area contributed by atoms with Gasteiger partial charge in [0.2, 0.25) is 11.7 Å². The normalized spacial score (nSPS) is 11.8. The molecule has 0 unspecified atom stereocenters. The van der Waals surface area contributed by atoms with E-state index in [0.29, 0.717) is 23.7 Å². The number of hydrogen-bond donors (Lipinski definition) is 2. The van der Waals surface area contributed by atoms with Gasteiger partial charge in [0.05, 0.1) is 21.3 Å². The molecule has 1 amide bonds. The van der Waals surface area contributed by atoms with E-state index in [0.717, 1.165) is 5.56 Å². The number of hydrogen-bond acceptors (Lipinski definition) is 5. The molecule has 0 fully saturated rings. The second kappa shape index (κ2) is 9.00. The molecule has 0 aliphatic heterocycles. The molecule has 0 heterocycles. The van der Waals surface area contributed by atoms with E-state index >= 15 is 0 Å². The molecule has 1 rings (SSSR count). The highest BCUT2D eigenvalue weighted by Crippen LogP contribution is 2.40. The van der Waals surface area contributed by atoms with Crippen molar-refractivity contribution in [2.24, 2.45) is 5.92 Å². The maximum absolute atomic E-state index is 12.0. The molecule has 0 aliphatic rings. The van der Waals surface area contributed by atoms with Gasteiger partial charge in [0.25, 0.3) is 0 Å². The average molecular weight is 339 g/mol. The van der Waals surface area contributed by atoms with Gasteiger partial charge in [0.1, 0.15) is 6.04 Å². The van der Waals surface area contributed by atoms with E-state index in [-0.39, 0.29) is 18.2 Å². The smallest absolute Gasteiger partial charge is 0.326 e. The zero-order valence-corrected chi connectivity index (χ0v) is 14.7. The summed E-state index contributed by atoms with van der Waals surface area (Å²) < 4.78 is 15.9.